The molecule has 0 unspecified atom stereocenters. The van der Waals surface area contributed by atoms with Gasteiger partial charge in [0, 0.05) is 11.6 Å². The number of hydrogen-bond acceptors (Lipinski definition) is 7. The predicted octanol–water partition coefficient (Wildman–Crippen LogP) is 1.59. The number of hydrogen-bond donors (Lipinski definition) is 2. The van der Waals surface area contributed by atoms with Crippen LogP contribution in [-0.2, 0) is 14.3 Å². The van der Waals surface area contributed by atoms with Gasteiger partial charge in [0.15, 0.2) is 24.2 Å². The minimum absolute atomic E-state index is 0.0691. The lowest BCUT2D eigenvalue weighted by Gasteiger charge is -2.16. The topological polar surface area (TPSA) is 120 Å². The highest BCUT2D eigenvalue weighted by Crippen LogP contribution is 2.27. The predicted molar refractivity (Wildman–Crippen MR) is 98.4 cm³/mol. The minimum Gasteiger partial charge on any atom is -0.493 e. The Kier molecular flexibility index (Phi) is 7.79. The van der Waals surface area contributed by atoms with Crippen molar-refractivity contribution in [1.82, 2.24) is 10.6 Å². The molecule has 0 spiro atoms. The lowest BCUT2D eigenvalue weighted by Crippen LogP contribution is -2.47. The van der Waals surface area contributed by atoms with Gasteiger partial charge in [0.1, 0.15) is 6.29 Å². The second-order valence-electron chi connectivity index (χ2n) is 6.39. The summed E-state index contributed by atoms with van der Waals surface area (Å²) in [6, 6.07) is 3.93. The van der Waals surface area contributed by atoms with E-state index in [1.807, 2.05) is 0 Å². The van der Waals surface area contributed by atoms with Crippen LogP contribution in [0.4, 0.5) is 4.79 Å². The molecule has 152 valence electrons. The number of benzene rings is 1. The summed E-state index contributed by atoms with van der Waals surface area (Å²) in [5.74, 6) is -0.984. The van der Waals surface area contributed by atoms with Gasteiger partial charge >= 0.3 is 12.0 Å². The Morgan fingerprint density at radius 3 is 2.57 bits per heavy atom. The Bertz CT molecular complexity index is 729. The van der Waals surface area contributed by atoms with Crippen molar-refractivity contribution in [3.05, 3.63) is 23.8 Å². The molecule has 1 atom stereocenters. The van der Waals surface area contributed by atoms with Gasteiger partial charge in [-0.05, 0) is 38.0 Å². The lowest BCUT2D eigenvalue weighted by molar-refractivity contribution is -0.156. The molecule has 9 nitrogen and oxygen atoms in total. The van der Waals surface area contributed by atoms with Gasteiger partial charge in [-0.25, -0.2) is 9.59 Å². The Labute approximate surface area is 162 Å². The normalized spacial score (nSPS) is 14.6. The van der Waals surface area contributed by atoms with E-state index in [2.05, 4.69) is 10.6 Å². The van der Waals surface area contributed by atoms with Gasteiger partial charge < -0.3 is 19.5 Å². The van der Waals surface area contributed by atoms with E-state index in [0.29, 0.717) is 11.8 Å². The van der Waals surface area contributed by atoms with Crippen molar-refractivity contribution in [3.63, 3.8) is 0 Å². The molecule has 0 aliphatic heterocycles. The fourth-order valence-corrected chi connectivity index (χ4v) is 2.80. The monoisotopic (exact) mass is 392 g/mol. The molecule has 0 heterocycles. The molecular formula is C19H24N2O7. The number of imide groups is 1. The second kappa shape index (κ2) is 10.3. The first-order valence-electron chi connectivity index (χ1n) is 8.99. The summed E-state index contributed by atoms with van der Waals surface area (Å²) in [6.45, 7) is 0.887. The summed E-state index contributed by atoms with van der Waals surface area (Å²) in [5, 5.41) is 4.87. The number of esters is 1. The summed E-state index contributed by atoms with van der Waals surface area (Å²) in [7, 11) is 1.40. The van der Waals surface area contributed by atoms with Gasteiger partial charge in [-0.3, -0.25) is 14.9 Å². The smallest absolute Gasteiger partial charge is 0.344 e. The molecule has 3 amide bonds. The van der Waals surface area contributed by atoms with Crippen LogP contribution >= 0.6 is 0 Å². The van der Waals surface area contributed by atoms with E-state index < -0.39 is 30.6 Å². The SMILES string of the molecule is COc1cc(C=O)ccc1OCC(=O)O[C@@H](C)C(=O)NC(=O)NC1CCCC1. The van der Waals surface area contributed by atoms with Crippen LogP contribution in [0.2, 0.25) is 0 Å². The van der Waals surface area contributed by atoms with E-state index >= 15 is 0 Å². The first-order valence-corrected chi connectivity index (χ1v) is 8.99. The zero-order valence-corrected chi connectivity index (χ0v) is 15.9. The molecule has 2 rings (SSSR count). The van der Waals surface area contributed by atoms with Gasteiger partial charge in [0.25, 0.3) is 5.91 Å². The maximum atomic E-state index is 12.0. The first-order chi connectivity index (χ1) is 13.4. The zero-order chi connectivity index (χ0) is 20.5. The summed E-state index contributed by atoms with van der Waals surface area (Å²) >= 11 is 0. The average molecular weight is 392 g/mol. The molecule has 0 bridgehead atoms. The van der Waals surface area contributed by atoms with Crippen molar-refractivity contribution in [3.8, 4) is 11.5 Å². The third kappa shape index (κ3) is 6.26. The molecule has 2 N–H and O–H groups in total. The molecule has 1 aliphatic carbocycles. The molecule has 0 saturated heterocycles. The fraction of sp³-hybridized carbons (Fsp3) is 0.474. The average Bonchev–Trinajstić information content (AvgIpc) is 3.18. The van der Waals surface area contributed by atoms with Crippen LogP contribution in [0.15, 0.2) is 18.2 Å². The largest absolute Gasteiger partial charge is 0.493 e. The van der Waals surface area contributed by atoms with Crippen LogP contribution in [0.1, 0.15) is 43.0 Å². The summed E-state index contributed by atoms with van der Waals surface area (Å²) < 4.78 is 15.4. The number of carbonyl (C=O) groups excluding carboxylic acids is 4. The summed E-state index contributed by atoms with van der Waals surface area (Å²) in [4.78, 5) is 46.4. The summed E-state index contributed by atoms with van der Waals surface area (Å²) in [5.41, 5.74) is 0.396. The van der Waals surface area contributed by atoms with Crippen LogP contribution in [0.5, 0.6) is 11.5 Å². The molecule has 28 heavy (non-hydrogen) atoms. The Balaban J connectivity index is 1.77. The quantitative estimate of drug-likeness (QED) is 0.509. The number of nitrogens with one attached hydrogen (secondary N) is 2. The maximum absolute atomic E-state index is 12.0. The number of rotatable bonds is 8. The second-order valence-corrected chi connectivity index (χ2v) is 6.39. The van der Waals surface area contributed by atoms with Crippen molar-refractivity contribution >= 4 is 24.2 Å². The van der Waals surface area contributed by atoms with Crippen LogP contribution in [0.3, 0.4) is 0 Å². The van der Waals surface area contributed by atoms with Gasteiger partial charge in [-0.2, -0.15) is 0 Å². The highest BCUT2D eigenvalue weighted by atomic mass is 16.6. The van der Waals surface area contributed by atoms with Crippen molar-refractivity contribution in [2.75, 3.05) is 13.7 Å². The van der Waals surface area contributed by atoms with E-state index in [1.165, 1.54) is 32.2 Å². The van der Waals surface area contributed by atoms with E-state index in [-0.39, 0.29) is 17.5 Å². The first kappa shape index (κ1) is 21.2. The molecule has 1 aromatic rings. The Morgan fingerprint density at radius 1 is 1.21 bits per heavy atom. The van der Waals surface area contributed by atoms with E-state index in [4.69, 9.17) is 14.2 Å². The minimum atomic E-state index is -1.16. The number of amides is 3. The molecule has 1 fully saturated rings. The van der Waals surface area contributed by atoms with Crippen LogP contribution in [0, 0.1) is 0 Å². The lowest BCUT2D eigenvalue weighted by atomic mass is 10.2. The summed E-state index contributed by atoms with van der Waals surface area (Å²) in [6.07, 6.45) is 3.38. The van der Waals surface area contributed by atoms with Crippen LogP contribution in [0.25, 0.3) is 0 Å². The highest BCUT2D eigenvalue weighted by Gasteiger charge is 2.23. The van der Waals surface area contributed by atoms with Gasteiger partial charge in [0.05, 0.1) is 7.11 Å². The molecule has 1 saturated carbocycles. The van der Waals surface area contributed by atoms with Crippen LogP contribution in [-0.4, -0.2) is 50.1 Å². The number of carbonyl (C=O) groups is 4. The van der Waals surface area contributed by atoms with E-state index in [0.717, 1.165) is 25.7 Å². The number of methoxy groups -OCH3 is 1. The van der Waals surface area contributed by atoms with Crippen LogP contribution < -0.4 is 20.1 Å². The molecule has 1 aromatic carbocycles. The van der Waals surface area contributed by atoms with Crippen molar-refractivity contribution < 1.29 is 33.4 Å². The maximum Gasteiger partial charge on any atom is 0.344 e. The molecule has 0 aromatic heterocycles. The van der Waals surface area contributed by atoms with Crippen molar-refractivity contribution in [1.29, 1.82) is 0 Å². The number of urea groups is 1. The van der Waals surface area contributed by atoms with Gasteiger partial charge in [-0.1, -0.05) is 12.8 Å². The Hall–Kier alpha value is -3.10. The van der Waals surface area contributed by atoms with Gasteiger partial charge in [-0.15, -0.1) is 0 Å². The molecule has 1 aliphatic rings. The van der Waals surface area contributed by atoms with Gasteiger partial charge in [0.2, 0.25) is 0 Å². The zero-order valence-electron chi connectivity index (χ0n) is 15.9. The molecular weight excluding hydrogens is 368 g/mol. The number of aldehydes is 1. The fourth-order valence-electron chi connectivity index (χ4n) is 2.80. The van der Waals surface area contributed by atoms with E-state index in [1.54, 1.807) is 0 Å². The third-order valence-corrected chi connectivity index (χ3v) is 4.27. The standard InChI is InChI=1S/C19H24N2O7/c1-12(18(24)21-19(25)20-14-5-3-4-6-14)28-17(23)11-27-15-8-7-13(10-22)9-16(15)26-2/h7-10,12,14H,3-6,11H2,1-2H3,(H2,20,21,24,25)/t12-/m0/s1. The Morgan fingerprint density at radius 2 is 1.93 bits per heavy atom. The van der Waals surface area contributed by atoms with Crippen molar-refractivity contribution in [2.45, 2.75) is 44.8 Å². The molecule has 9 heteroatoms. The highest BCUT2D eigenvalue weighted by molar-refractivity contribution is 5.97. The van der Waals surface area contributed by atoms with E-state index in [9.17, 15) is 19.2 Å². The third-order valence-electron chi connectivity index (χ3n) is 4.27. The number of ether oxygens (including phenoxy) is 3. The van der Waals surface area contributed by atoms with Crippen molar-refractivity contribution in [2.24, 2.45) is 0 Å². The molecule has 0 radical (unpaired) electrons.